The normalized spacial score (nSPS) is 10.5. The Labute approximate surface area is 129 Å². The lowest BCUT2D eigenvalue weighted by molar-refractivity contribution is -0.115. The summed E-state index contributed by atoms with van der Waals surface area (Å²) in [5, 5.41) is 3.52. The quantitative estimate of drug-likeness (QED) is 0.894. The fourth-order valence-electron chi connectivity index (χ4n) is 1.88. The maximum Gasteiger partial charge on any atom is 0.228 e. The van der Waals surface area contributed by atoms with Crippen molar-refractivity contribution in [2.75, 3.05) is 5.32 Å². The van der Waals surface area contributed by atoms with Gasteiger partial charge in [0.05, 0.1) is 12.5 Å². The SMILES string of the molecule is CC(C)Oc1ccc(NC(=O)Cc2ccc(Cl)cc2)cc1. The van der Waals surface area contributed by atoms with Crippen LogP contribution in [0.1, 0.15) is 19.4 Å². The third-order valence-corrected chi connectivity index (χ3v) is 3.04. The number of carbonyl (C=O) groups is 1. The summed E-state index contributed by atoms with van der Waals surface area (Å²) in [5.74, 6) is 0.732. The molecule has 2 aromatic carbocycles. The molecule has 0 saturated carbocycles. The number of amides is 1. The minimum absolute atomic E-state index is 0.0603. The van der Waals surface area contributed by atoms with E-state index in [-0.39, 0.29) is 12.0 Å². The van der Waals surface area contributed by atoms with Gasteiger partial charge in [-0.1, -0.05) is 23.7 Å². The van der Waals surface area contributed by atoms with E-state index in [4.69, 9.17) is 16.3 Å². The van der Waals surface area contributed by atoms with E-state index in [1.54, 1.807) is 12.1 Å². The zero-order chi connectivity index (χ0) is 15.2. The number of anilines is 1. The van der Waals surface area contributed by atoms with Crippen molar-refractivity contribution in [1.29, 1.82) is 0 Å². The van der Waals surface area contributed by atoms with E-state index >= 15 is 0 Å². The van der Waals surface area contributed by atoms with Crippen molar-refractivity contribution >= 4 is 23.2 Å². The molecule has 2 aromatic rings. The molecule has 0 aliphatic heterocycles. The van der Waals surface area contributed by atoms with Crippen LogP contribution in [0.3, 0.4) is 0 Å². The van der Waals surface area contributed by atoms with E-state index in [2.05, 4.69) is 5.32 Å². The molecule has 0 spiro atoms. The lowest BCUT2D eigenvalue weighted by atomic mass is 10.1. The first-order valence-corrected chi connectivity index (χ1v) is 7.22. The molecule has 0 fully saturated rings. The minimum atomic E-state index is -0.0603. The molecule has 0 heterocycles. The summed E-state index contributed by atoms with van der Waals surface area (Å²) in [4.78, 5) is 12.0. The van der Waals surface area contributed by atoms with Crippen LogP contribution >= 0.6 is 11.6 Å². The van der Waals surface area contributed by atoms with Crippen molar-refractivity contribution in [3.63, 3.8) is 0 Å². The van der Waals surface area contributed by atoms with Gasteiger partial charge in [0.1, 0.15) is 5.75 Å². The number of hydrogen-bond acceptors (Lipinski definition) is 2. The average Bonchev–Trinajstić information content (AvgIpc) is 2.43. The van der Waals surface area contributed by atoms with Gasteiger partial charge in [-0.05, 0) is 55.8 Å². The van der Waals surface area contributed by atoms with Crippen molar-refractivity contribution < 1.29 is 9.53 Å². The van der Waals surface area contributed by atoms with Crippen molar-refractivity contribution in [2.24, 2.45) is 0 Å². The van der Waals surface area contributed by atoms with Crippen molar-refractivity contribution in [1.82, 2.24) is 0 Å². The highest BCUT2D eigenvalue weighted by Crippen LogP contribution is 2.17. The second-order valence-electron chi connectivity index (χ2n) is 5.04. The van der Waals surface area contributed by atoms with Gasteiger partial charge in [-0.3, -0.25) is 4.79 Å². The van der Waals surface area contributed by atoms with E-state index in [1.165, 1.54) is 0 Å². The molecule has 3 nitrogen and oxygen atoms in total. The average molecular weight is 304 g/mol. The Morgan fingerprint density at radius 3 is 2.29 bits per heavy atom. The van der Waals surface area contributed by atoms with Gasteiger partial charge in [0.25, 0.3) is 0 Å². The van der Waals surface area contributed by atoms with E-state index < -0.39 is 0 Å². The van der Waals surface area contributed by atoms with Gasteiger partial charge >= 0.3 is 0 Å². The van der Waals surface area contributed by atoms with Gasteiger partial charge in [-0.25, -0.2) is 0 Å². The number of hydrogen-bond donors (Lipinski definition) is 1. The summed E-state index contributed by atoms with van der Waals surface area (Å²) in [6.45, 7) is 3.95. The second-order valence-corrected chi connectivity index (χ2v) is 5.48. The molecule has 110 valence electrons. The number of carbonyl (C=O) groups excluding carboxylic acids is 1. The lowest BCUT2D eigenvalue weighted by Gasteiger charge is -2.10. The van der Waals surface area contributed by atoms with Crippen LogP contribution in [-0.2, 0) is 11.2 Å². The standard InChI is InChI=1S/C17H18ClNO2/c1-12(2)21-16-9-7-15(8-10-16)19-17(20)11-13-3-5-14(18)6-4-13/h3-10,12H,11H2,1-2H3,(H,19,20). The molecule has 0 aliphatic rings. The van der Waals surface area contributed by atoms with Crippen LogP contribution in [0.2, 0.25) is 5.02 Å². The molecule has 0 atom stereocenters. The van der Waals surface area contributed by atoms with Crippen LogP contribution in [0.25, 0.3) is 0 Å². The highest BCUT2D eigenvalue weighted by Gasteiger charge is 2.05. The summed E-state index contributed by atoms with van der Waals surface area (Å²) in [6, 6.07) is 14.6. The Balaban J connectivity index is 1.91. The van der Waals surface area contributed by atoms with Crippen LogP contribution in [-0.4, -0.2) is 12.0 Å². The third kappa shape index (κ3) is 5.12. The van der Waals surface area contributed by atoms with Gasteiger partial charge in [0.2, 0.25) is 5.91 Å². The molecule has 1 amide bonds. The summed E-state index contributed by atoms with van der Waals surface area (Å²) in [5.41, 5.74) is 1.68. The van der Waals surface area contributed by atoms with E-state index in [0.29, 0.717) is 11.4 Å². The predicted octanol–water partition coefficient (Wildman–Crippen LogP) is 4.31. The number of ether oxygens (including phenoxy) is 1. The molecular weight excluding hydrogens is 286 g/mol. The van der Waals surface area contributed by atoms with Crippen molar-refractivity contribution in [2.45, 2.75) is 26.4 Å². The third-order valence-electron chi connectivity index (χ3n) is 2.79. The Morgan fingerprint density at radius 2 is 1.71 bits per heavy atom. The molecular formula is C17H18ClNO2. The lowest BCUT2D eigenvalue weighted by Crippen LogP contribution is -2.14. The zero-order valence-electron chi connectivity index (χ0n) is 12.1. The number of benzene rings is 2. The van der Waals surface area contributed by atoms with Crippen LogP contribution in [0.5, 0.6) is 5.75 Å². The van der Waals surface area contributed by atoms with Gasteiger partial charge in [-0.15, -0.1) is 0 Å². The molecule has 0 aromatic heterocycles. The Kier molecular flexibility index (Phi) is 5.23. The molecule has 0 bridgehead atoms. The first-order valence-electron chi connectivity index (χ1n) is 6.84. The monoisotopic (exact) mass is 303 g/mol. The van der Waals surface area contributed by atoms with Crippen LogP contribution < -0.4 is 10.1 Å². The molecule has 21 heavy (non-hydrogen) atoms. The summed E-state index contributed by atoms with van der Waals surface area (Å²) in [7, 11) is 0. The van der Waals surface area contributed by atoms with Crippen molar-refractivity contribution in [3.8, 4) is 5.75 Å². The summed E-state index contributed by atoms with van der Waals surface area (Å²) < 4.78 is 5.56. The molecule has 0 radical (unpaired) electrons. The van der Waals surface area contributed by atoms with E-state index in [9.17, 15) is 4.79 Å². The van der Waals surface area contributed by atoms with E-state index in [1.807, 2.05) is 50.2 Å². The maximum absolute atomic E-state index is 12.0. The van der Waals surface area contributed by atoms with E-state index in [0.717, 1.165) is 17.0 Å². The van der Waals surface area contributed by atoms with Gasteiger partial charge in [-0.2, -0.15) is 0 Å². The smallest absolute Gasteiger partial charge is 0.228 e. The van der Waals surface area contributed by atoms with Crippen LogP contribution in [0, 0.1) is 0 Å². The van der Waals surface area contributed by atoms with Crippen LogP contribution in [0.4, 0.5) is 5.69 Å². The minimum Gasteiger partial charge on any atom is -0.491 e. The maximum atomic E-state index is 12.0. The number of halogens is 1. The van der Waals surface area contributed by atoms with Crippen molar-refractivity contribution in [3.05, 3.63) is 59.1 Å². The van der Waals surface area contributed by atoms with Gasteiger partial charge in [0.15, 0.2) is 0 Å². The second kappa shape index (κ2) is 7.14. The van der Waals surface area contributed by atoms with Gasteiger partial charge in [0, 0.05) is 10.7 Å². The summed E-state index contributed by atoms with van der Waals surface area (Å²) in [6.07, 6.45) is 0.455. The first-order chi connectivity index (χ1) is 10.0. The highest BCUT2D eigenvalue weighted by atomic mass is 35.5. The Hall–Kier alpha value is -2.00. The molecule has 0 aliphatic carbocycles. The first kappa shape index (κ1) is 15.4. The molecule has 2 rings (SSSR count). The molecule has 0 unspecified atom stereocenters. The highest BCUT2D eigenvalue weighted by molar-refractivity contribution is 6.30. The van der Waals surface area contributed by atoms with Gasteiger partial charge < -0.3 is 10.1 Å². The van der Waals surface area contributed by atoms with Crippen LogP contribution in [0.15, 0.2) is 48.5 Å². The topological polar surface area (TPSA) is 38.3 Å². The molecule has 4 heteroatoms. The predicted molar refractivity (Wildman–Crippen MR) is 86.0 cm³/mol. The number of nitrogens with one attached hydrogen (secondary N) is 1. The molecule has 0 saturated heterocycles. The largest absolute Gasteiger partial charge is 0.491 e. The Bertz CT molecular complexity index is 591. The fraction of sp³-hybridized carbons (Fsp3) is 0.235. The summed E-state index contributed by atoms with van der Waals surface area (Å²) >= 11 is 5.82. The molecule has 1 N–H and O–H groups in total. The Morgan fingerprint density at radius 1 is 1.10 bits per heavy atom. The number of rotatable bonds is 5. The fourth-order valence-corrected chi connectivity index (χ4v) is 2.01. The zero-order valence-corrected chi connectivity index (χ0v) is 12.9.